The molecule has 0 radical (unpaired) electrons. The Morgan fingerprint density at radius 1 is 1.43 bits per heavy atom. The van der Waals surface area contributed by atoms with Crippen molar-refractivity contribution in [1.82, 2.24) is 0 Å². The van der Waals surface area contributed by atoms with E-state index in [9.17, 15) is 32.1 Å². The lowest BCUT2D eigenvalue weighted by Gasteiger charge is -2.15. The first-order chi connectivity index (χ1) is 10.6. The van der Waals surface area contributed by atoms with Gasteiger partial charge in [0.15, 0.2) is 0 Å². The maximum atomic E-state index is 12.5. The quantitative estimate of drug-likeness (QED) is 0.542. The van der Waals surface area contributed by atoms with Gasteiger partial charge in [-0.3, -0.25) is 10.1 Å². The van der Waals surface area contributed by atoms with E-state index in [0.29, 0.717) is 12.5 Å². The van der Waals surface area contributed by atoms with Crippen LogP contribution in [0.4, 0.5) is 20.2 Å². The van der Waals surface area contributed by atoms with Crippen LogP contribution in [0.2, 0.25) is 0 Å². The van der Waals surface area contributed by atoms with Gasteiger partial charge in [-0.25, -0.2) is 13.2 Å². The number of anilines is 1. The summed E-state index contributed by atoms with van der Waals surface area (Å²) in [6, 6.07) is 1.02. The third-order valence-electron chi connectivity index (χ3n) is 2.93. The van der Waals surface area contributed by atoms with E-state index in [1.165, 1.54) is 0 Å². The number of rotatable bonds is 8. The second-order valence-corrected chi connectivity index (χ2v) is 6.48. The summed E-state index contributed by atoms with van der Waals surface area (Å²) in [5.74, 6) is -4.96. The van der Waals surface area contributed by atoms with Crippen molar-refractivity contribution in [3.8, 4) is 0 Å². The first-order valence-electron chi connectivity index (χ1n) is 6.41. The van der Waals surface area contributed by atoms with Crippen LogP contribution in [-0.2, 0) is 14.6 Å². The van der Waals surface area contributed by atoms with Crippen LogP contribution < -0.4 is 5.32 Å². The van der Waals surface area contributed by atoms with E-state index < -0.39 is 43.1 Å². The van der Waals surface area contributed by atoms with Crippen LogP contribution in [0.1, 0.15) is 19.8 Å². The van der Waals surface area contributed by atoms with Gasteiger partial charge in [-0.1, -0.05) is 13.3 Å². The highest BCUT2D eigenvalue weighted by molar-refractivity contribution is 7.91. The Morgan fingerprint density at radius 2 is 2.04 bits per heavy atom. The normalized spacial score (nSPS) is 12.9. The smallest absolute Gasteiger partial charge is 0.341 e. The van der Waals surface area contributed by atoms with Crippen molar-refractivity contribution in [1.29, 1.82) is 0 Å². The zero-order chi connectivity index (χ0) is 17.8. The van der Waals surface area contributed by atoms with E-state index in [1.54, 1.807) is 6.92 Å². The second kappa shape index (κ2) is 7.31. The number of nitrogens with one attached hydrogen (secondary N) is 1. The number of sulfone groups is 1. The van der Waals surface area contributed by atoms with Gasteiger partial charge in [-0.05, 0) is 18.6 Å². The van der Waals surface area contributed by atoms with Crippen LogP contribution in [0.15, 0.2) is 23.1 Å². The molecule has 128 valence electrons. The van der Waals surface area contributed by atoms with Crippen molar-refractivity contribution in [2.45, 2.75) is 36.5 Å². The average Bonchev–Trinajstić information content (AvgIpc) is 2.46. The summed E-state index contributed by atoms with van der Waals surface area (Å²) in [5.41, 5.74) is -1.06. The van der Waals surface area contributed by atoms with Gasteiger partial charge in [0, 0.05) is 6.07 Å². The molecular weight excluding hydrogens is 338 g/mol. The molecular formula is C12H14F2N2O6S. The first-order valence-corrected chi connectivity index (χ1v) is 7.95. The largest absolute Gasteiger partial charge is 0.480 e. The number of carboxylic acid groups (broad SMARTS) is 1. The van der Waals surface area contributed by atoms with E-state index >= 15 is 0 Å². The molecule has 1 aromatic carbocycles. The zero-order valence-corrected chi connectivity index (χ0v) is 12.7. The fourth-order valence-electron chi connectivity index (χ4n) is 1.80. The minimum Gasteiger partial charge on any atom is -0.480 e. The number of hydrogen-bond acceptors (Lipinski definition) is 6. The molecule has 1 aromatic rings. The summed E-state index contributed by atoms with van der Waals surface area (Å²) >= 11 is 0. The van der Waals surface area contributed by atoms with Crippen molar-refractivity contribution >= 4 is 27.2 Å². The Hall–Kier alpha value is -2.30. The van der Waals surface area contributed by atoms with Gasteiger partial charge in [0.05, 0.1) is 9.82 Å². The average molecular weight is 352 g/mol. The molecule has 8 nitrogen and oxygen atoms in total. The molecule has 1 rings (SSSR count). The van der Waals surface area contributed by atoms with Crippen LogP contribution in [0.3, 0.4) is 0 Å². The highest BCUT2D eigenvalue weighted by Crippen LogP contribution is 2.30. The van der Waals surface area contributed by atoms with Gasteiger partial charge < -0.3 is 10.4 Å². The van der Waals surface area contributed by atoms with E-state index in [0.717, 1.165) is 12.1 Å². The van der Waals surface area contributed by atoms with Gasteiger partial charge in [0.2, 0.25) is 9.84 Å². The minimum atomic E-state index is -4.99. The molecule has 0 aliphatic carbocycles. The molecule has 0 bridgehead atoms. The Balaban J connectivity index is 3.30. The summed E-state index contributed by atoms with van der Waals surface area (Å²) in [7, 11) is -4.99. The topological polar surface area (TPSA) is 127 Å². The zero-order valence-electron chi connectivity index (χ0n) is 11.9. The molecule has 0 aromatic heterocycles. The number of benzene rings is 1. The van der Waals surface area contributed by atoms with E-state index in [1.807, 2.05) is 0 Å². The Bertz CT molecular complexity index is 708. The molecule has 11 heteroatoms. The maximum Gasteiger partial charge on any atom is 0.341 e. The number of aliphatic carboxylic acids is 1. The van der Waals surface area contributed by atoms with Gasteiger partial charge in [-0.2, -0.15) is 8.78 Å². The summed E-state index contributed by atoms with van der Waals surface area (Å²) in [6.07, 6.45) is 0.652. The van der Waals surface area contributed by atoms with Crippen molar-refractivity contribution in [3.63, 3.8) is 0 Å². The molecule has 1 atom stereocenters. The molecule has 0 saturated heterocycles. The highest BCUT2D eigenvalue weighted by atomic mass is 32.2. The lowest BCUT2D eigenvalue weighted by molar-refractivity contribution is -0.384. The number of nitrogens with zero attached hydrogens (tertiary/aromatic N) is 1. The second-order valence-electron chi connectivity index (χ2n) is 4.57. The minimum absolute atomic E-state index is 0.170. The fraction of sp³-hybridized carbons (Fsp3) is 0.417. The molecule has 1 unspecified atom stereocenters. The number of nitro groups is 1. The van der Waals surface area contributed by atoms with Gasteiger partial charge in [-0.15, -0.1) is 0 Å². The summed E-state index contributed by atoms with van der Waals surface area (Å²) < 4.78 is 47.7. The third-order valence-corrected chi connectivity index (χ3v) is 4.31. The molecule has 0 aliphatic heterocycles. The van der Waals surface area contributed by atoms with Crippen LogP contribution in [-0.4, -0.2) is 36.2 Å². The maximum absolute atomic E-state index is 12.5. The van der Waals surface area contributed by atoms with Gasteiger partial charge in [0.25, 0.3) is 5.69 Å². The van der Waals surface area contributed by atoms with Crippen molar-refractivity contribution < 1.29 is 32.0 Å². The number of carboxylic acids is 1. The predicted molar refractivity (Wildman–Crippen MR) is 76.2 cm³/mol. The molecule has 0 fully saturated rings. The Kier molecular flexibility index (Phi) is 5.96. The van der Waals surface area contributed by atoms with Gasteiger partial charge >= 0.3 is 11.7 Å². The number of alkyl halides is 2. The predicted octanol–water partition coefficient (Wildman–Crippen LogP) is 2.26. The van der Waals surface area contributed by atoms with Crippen LogP contribution in [0.5, 0.6) is 0 Å². The molecule has 2 N–H and O–H groups in total. The third kappa shape index (κ3) is 4.34. The number of hydrogen-bond donors (Lipinski definition) is 2. The van der Waals surface area contributed by atoms with E-state index in [-0.39, 0.29) is 12.1 Å². The monoisotopic (exact) mass is 352 g/mol. The highest BCUT2D eigenvalue weighted by Gasteiger charge is 2.30. The molecule has 0 saturated carbocycles. The number of nitro benzene ring substituents is 1. The summed E-state index contributed by atoms with van der Waals surface area (Å²) in [5, 5.41) is 22.5. The Morgan fingerprint density at radius 3 is 2.48 bits per heavy atom. The lowest BCUT2D eigenvalue weighted by Crippen LogP contribution is -2.29. The first kappa shape index (κ1) is 18.7. The van der Waals surface area contributed by atoms with Crippen LogP contribution in [0, 0.1) is 10.1 Å². The fourth-order valence-corrected chi connectivity index (χ4v) is 2.54. The van der Waals surface area contributed by atoms with E-state index in [2.05, 4.69) is 5.32 Å². The SMILES string of the molecule is CCCC(Nc1ccc(S(=O)(=O)C(F)F)cc1[N+](=O)[O-])C(=O)O. The molecule has 23 heavy (non-hydrogen) atoms. The summed E-state index contributed by atoms with van der Waals surface area (Å²) in [6.45, 7) is 1.71. The summed E-state index contributed by atoms with van der Waals surface area (Å²) in [4.78, 5) is 20.2. The standard InChI is InChI=1S/C12H14F2N2O6S/c1-2-3-9(11(17)18)15-8-5-4-7(6-10(8)16(19)20)23(21,22)12(13)14/h4-6,9,12,15H,2-3H2,1H3,(H,17,18). The van der Waals surface area contributed by atoms with Crippen LogP contribution in [0.25, 0.3) is 0 Å². The molecule has 0 aliphatic rings. The molecule has 0 spiro atoms. The Labute approximate surface area is 130 Å². The lowest BCUT2D eigenvalue weighted by atomic mass is 10.1. The number of halogens is 2. The number of carbonyl (C=O) groups is 1. The van der Waals surface area contributed by atoms with Crippen molar-refractivity contribution in [2.75, 3.05) is 5.32 Å². The van der Waals surface area contributed by atoms with Crippen molar-refractivity contribution in [2.24, 2.45) is 0 Å². The van der Waals surface area contributed by atoms with Crippen LogP contribution >= 0.6 is 0 Å². The molecule has 0 heterocycles. The van der Waals surface area contributed by atoms with E-state index in [4.69, 9.17) is 5.11 Å². The van der Waals surface area contributed by atoms with Crippen molar-refractivity contribution in [3.05, 3.63) is 28.3 Å². The van der Waals surface area contributed by atoms with Gasteiger partial charge in [0.1, 0.15) is 11.7 Å². The molecule has 0 amide bonds.